The molecule has 44 heavy (non-hydrogen) atoms. The van der Waals surface area contributed by atoms with Crippen molar-refractivity contribution in [3.8, 4) is 5.75 Å². The molecule has 0 aromatic heterocycles. The fourth-order valence-corrected chi connectivity index (χ4v) is 5.85. The number of ether oxygens (including phenoxy) is 1. The third-order valence-corrected chi connectivity index (χ3v) is 8.56. The number of nitrogens with zero attached hydrogens (tertiary/aromatic N) is 2. The van der Waals surface area contributed by atoms with Gasteiger partial charge in [0.25, 0.3) is 5.91 Å². The molecule has 3 unspecified atom stereocenters. The number of fused-ring (bicyclic) bond motifs is 2. The molecule has 0 aliphatic carbocycles. The van der Waals surface area contributed by atoms with Crippen LogP contribution in [-0.4, -0.2) is 55.5 Å². The quantitative estimate of drug-likeness (QED) is 0.218. The van der Waals surface area contributed by atoms with E-state index in [0.717, 1.165) is 20.8 Å². The number of methoxy groups -OCH3 is 1. The summed E-state index contributed by atoms with van der Waals surface area (Å²) >= 11 is 3.54. The standard InChI is InChI=1S/C34H35BrN4O5/c1-20(36-3)32(41)37-28-19-39(33(42)23-11-9-22(10-12-23)21(2)40)30-8-6-5-7-29(30)38(34(28)43)18-27-26-15-14-25(35)17-24(26)13-16-31(27)44-4/h5-17,20,28,33,36,42H,18-19H2,1-4H3,(H,37,41). The maximum atomic E-state index is 14.5. The van der Waals surface area contributed by atoms with Gasteiger partial charge in [0.1, 0.15) is 11.8 Å². The Morgan fingerprint density at radius 2 is 1.75 bits per heavy atom. The number of rotatable bonds is 9. The largest absolute Gasteiger partial charge is 0.496 e. The summed E-state index contributed by atoms with van der Waals surface area (Å²) in [6.45, 7) is 3.36. The topological polar surface area (TPSA) is 111 Å². The number of anilines is 2. The Bertz CT molecular complexity index is 1710. The van der Waals surface area contributed by atoms with E-state index >= 15 is 0 Å². The number of amides is 2. The summed E-state index contributed by atoms with van der Waals surface area (Å²) in [5.41, 5.74) is 3.07. The Hall–Kier alpha value is -4.25. The SMILES string of the molecule is CNC(C)C(=O)NC1CN(C(O)c2ccc(C(C)=O)cc2)c2ccccc2N(Cc2c(OC)ccc3cc(Br)ccc23)C1=O. The van der Waals surface area contributed by atoms with Gasteiger partial charge in [-0.3, -0.25) is 14.4 Å². The van der Waals surface area contributed by atoms with Gasteiger partial charge < -0.3 is 30.3 Å². The second-order valence-electron chi connectivity index (χ2n) is 10.8. The highest BCUT2D eigenvalue weighted by atomic mass is 79.9. The van der Waals surface area contributed by atoms with Gasteiger partial charge in [-0.2, -0.15) is 0 Å². The molecule has 10 heteroatoms. The molecule has 1 heterocycles. The zero-order chi connectivity index (χ0) is 31.5. The molecule has 228 valence electrons. The minimum Gasteiger partial charge on any atom is -0.496 e. The highest BCUT2D eigenvalue weighted by molar-refractivity contribution is 9.10. The summed E-state index contributed by atoms with van der Waals surface area (Å²) in [4.78, 5) is 42.8. The predicted molar refractivity (Wildman–Crippen MR) is 175 cm³/mol. The van der Waals surface area contributed by atoms with Crippen LogP contribution in [0.1, 0.15) is 41.6 Å². The predicted octanol–water partition coefficient (Wildman–Crippen LogP) is 4.95. The number of Topliss-reactive ketones (excluding diaryl/α,β-unsaturated/α-hetero) is 1. The van der Waals surface area contributed by atoms with Gasteiger partial charge in [0.05, 0.1) is 37.6 Å². The Kier molecular flexibility index (Phi) is 9.33. The third-order valence-electron chi connectivity index (χ3n) is 8.07. The lowest BCUT2D eigenvalue weighted by atomic mass is 10.0. The third kappa shape index (κ3) is 6.19. The Morgan fingerprint density at radius 3 is 2.41 bits per heavy atom. The number of hydrogen-bond acceptors (Lipinski definition) is 7. The number of aliphatic hydroxyl groups is 1. The van der Waals surface area contributed by atoms with E-state index in [1.807, 2.05) is 54.6 Å². The van der Waals surface area contributed by atoms with Crippen molar-refractivity contribution < 1.29 is 24.2 Å². The first kappa shape index (κ1) is 31.2. The molecule has 1 aliphatic heterocycles. The van der Waals surface area contributed by atoms with E-state index in [1.54, 1.807) is 55.1 Å². The van der Waals surface area contributed by atoms with Crippen molar-refractivity contribution in [1.82, 2.24) is 10.6 Å². The van der Waals surface area contributed by atoms with Gasteiger partial charge in [0.2, 0.25) is 5.91 Å². The summed E-state index contributed by atoms with van der Waals surface area (Å²) in [5, 5.41) is 19.5. The molecule has 9 nitrogen and oxygen atoms in total. The minimum absolute atomic E-state index is 0.00374. The Labute approximate surface area is 264 Å². The molecule has 3 N–H and O–H groups in total. The van der Waals surface area contributed by atoms with E-state index in [0.29, 0.717) is 28.3 Å². The first-order valence-electron chi connectivity index (χ1n) is 14.3. The van der Waals surface area contributed by atoms with Crippen LogP contribution in [0.4, 0.5) is 11.4 Å². The molecule has 0 radical (unpaired) electrons. The van der Waals surface area contributed by atoms with Crippen molar-refractivity contribution in [1.29, 1.82) is 0 Å². The van der Waals surface area contributed by atoms with Crippen molar-refractivity contribution in [3.05, 3.63) is 100 Å². The number of benzene rings is 4. The molecule has 0 bridgehead atoms. The lowest BCUT2D eigenvalue weighted by Gasteiger charge is -2.32. The highest BCUT2D eigenvalue weighted by Crippen LogP contribution is 2.40. The average molecular weight is 660 g/mol. The number of aliphatic hydroxyl groups excluding tert-OH is 1. The van der Waals surface area contributed by atoms with Crippen LogP contribution in [0.5, 0.6) is 5.75 Å². The lowest BCUT2D eigenvalue weighted by Crippen LogP contribution is -2.55. The fourth-order valence-electron chi connectivity index (χ4n) is 5.47. The van der Waals surface area contributed by atoms with Crippen LogP contribution in [0.2, 0.25) is 0 Å². The number of carbonyl (C=O) groups is 3. The highest BCUT2D eigenvalue weighted by Gasteiger charge is 2.38. The molecule has 4 aromatic rings. The van der Waals surface area contributed by atoms with Gasteiger partial charge in [0.15, 0.2) is 12.0 Å². The smallest absolute Gasteiger partial charge is 0.251 e. The van der Waals surface area contributed by atoms with E-state index in [9.17, 15) is 19.5 Å². The van der Waals surface area contributed by atoms with Crippen LogP contribution < -0.4 is 25.2 Å². The molecule has 0 saturated heterocycles. The summed E-state index contributed by atoms with van der Waals surface area (Å²) < 4.78 is 6.69. The van der Waals surface area contributed by atoms with Gasteiger partial charge in [0, 0.05) is 21.2 Å². The van der Waals surface area contributed by atoms with Crippen LogP contribution >= 0.6 is 15.9 Å². The first-order valence-corrected chi connectivity index (χ1v) is 15.1. The number of likely N-dealkylation sites (N-methyl/N-ethyl adjacent to an activating group) is 1. The van der Waals surface area contributed by atoms with Crippen molar-refractivity contribution in [2.24, 2.45) is 0 Å². The number of hydrogen-bond donors (Lipinski definition) is 3. The molecule has 1 aliphatic rings. The van der Waals surface area contributed by atoms with Crippen molar-refractivity contribution in [3.63, 3.8) is 0 Å². The molecule has 2 amide bonds. The summed E-state index contributed by atoms with van der Waals surface area (Å²) in [6, 6.07) is 22.4. The molecule has 0 saturated carbocycles. The number of para-hydroxylation sites is 2. The molecule has 3 atom stereocenters. The zero-order valence-electron chi connectivity index (χ0n) is 25.0. The first-order chi connectivity index (χ1) is 21.1. The van der Waals surface area contributed by atoms with Gasteiger partial charge in [-0.25, -0.2) is 0 Å². The maximum Gasteiger partial charge on any atom is 0.251 e. The number of nitrogens with one attached hydrogen (secondary N) is 2. The number of carbonyl (C=O) groups excluding carboxylic acids is 3. The summed E-state index contributed by atoms with van der Waals surface area (Å²) in [5.74, 6) is -0.122. The second-order valence-corrected chi connectivity index (χ2v) is 11.7. The van der Waals surface area contributed by atoms with Crippen LogP contribution in [0.15, 0.2) is 83.3 Å². The van der Waals surface area contributed by atoms with E-state index < -0.39 is 18.3 Å². The number of ketones is 1. The van der Waals surface area contributed by atoms with E-state index in [4.69, 9.17) is 4.74 Å². The van der Waals surface area contributed by atoms with Crippen molar-refractivity contribution in [2.75, 3.05) is 30.5 Å². The van der Waals surface area contributed by atoms with E-state index in [2.05, 4.69) is 26.6 Å². The van der Waals surface area contributed by atoms with Crippen LogP contribution in [0.3, 0.4) is 0 Å². The molecule has 4 aromatic carbocycles. The summed E-state index contributed by atoms with van der Waals surface area (Å²) in [6.07, 6.45) is -1.17. The zero-order valence-corrected chi connectivity index (χ0v) is 26.6. The normalized spacial score (nSPS) is 16.2. The molecular formula is C34H35BrN4O5. The van der Waals surface area contributed by atoms with Crippen molar-refractivity contribution in [2.45, 2.75) is 38.7 Å². The monoisotopic (exact) mass is 658 g/mol. The molecule has 0 spiro atoms. The van der Waals surface area contributed by atoms with Crippen molar-refractivity contribution >= 4 is 55.7 Å². The summed E-state index contributed by atoms with van der Waals surface area (Å²) in [7, 11) is 3.27. The minimum atomic E-state index is -1.17. The van der Waals surface area contributed by atoms with Gasteiger partial charge in [-0.15, -0.1) is 0 Å². The Morgan fingerprint density at radius 1 is 1.05 bits per heavy atom. The number of halogens is 1. The van der Waals surface area contributed by atoms with Gasteiger partial charge >= 0.3 is 0 Å². The maximum absolute atomic E-state index is 14.5. The van der Waals surface area contributed by atoms with Gasteiger partial charge in [-0.05, 0) is 62.0 Å². The average Bonchev–Trinajstić information content (AvgIpc) is 3.14. The molecule has 0 fully saturated rings. The molecule has 5 rings (SSSR count). The van der Waals surface area contributed by atoms with Gasteiger partial charge in [-0.1, -0.05) is 64.5 Å². The van der Waals surface area contributed by atoms with Crippen LogP contribution in [0, 0.1) is 0 Å². The van der Waals surface area contributed by atoms with Crippen LogP contribution in [0.25, 0.3) is 10.8 Å². The van der Waals surface area contributed by atoms with Crippen LogP contribution in [-0.2, 0) is 16.1 Å². The second kappa shape index (κ2) is 13.2. The lowest BCUT2D eigenvalue weighted by molar-refractivity contribution is -0.128. The van der Waals surface area contributed by atoms with E-state index in [-0.39, 0.29) is 30.7 Å². The Balaban J connectivity index is 1.64. The van der Waals surface area contributed by atoms with E-state index in [1.165, 1.54) is 6.92 Å². The fraction of sp³-hybridized carbons (Fsp3) is 0.265. The molecular weight excluding hydrogens is 624 g/mol.